The molecule has 14 heteroatoms. The summed E-state index contributed by atoms with van der Waals surface area (Å²) < 4.78 is 16.9. The number of nitrogens with one attached hydrogen (secondary N) is 2. The van der Waals surface area contributed by atoms with Crippen LogP contribution < -0.4 is 21.3 Å². The molecule has 4 heterocycles. The average molecular weight is 617 g/mol. The number of carbonyl (C=O) groups is 4. The lowest BCUT2D eigenvalue weighted by Gasteiger charge is -2.32. The second kappa shape index (κ2) is 10.6. The summed E-state index contributed by atoms with van der Waals surface area (Å²) in [7, 11) is 1.50. The number of allylic oxidation sites excluding steroid dienone is 2. The van der Waals surface area contributed by atoms with Gasteiger partial charge in [0, 0.05) is 24.1 Å². The minimum atomic E-state index is -1.82. The van der Waals surface area contributed by atoms with Crippen molar-refractivity contribution in [1.82, 2.24) is 25.1 Å². The summed E-state index contributed by atoms with van der Waals surface area (Å²) in [4.78, 5) is 74.4. The molecule has 0 bridgehead atoms. The Labute approximate surface area is 257 Å². The van der Waals surface area contributed by atoms with E-state index in [1.54, 1.807) is 57.2 Å². The van der Waals surface area contributed by atoms with Gasteiger partial charge in [-0.2, -0.15) is 0 Å². The summed E-state index contributed by atoms with van der Waals surface area (Å²) in [6.07, 6.45) is 6.45. The first-order valence-corrected chi connectivity index (χ1v) is 14.2. The van der Waals surface area contributed by atoms with E-state index in [1.807, 2.05) is 6.08 Å². The van der Waals surface area contributed by atoms with E-state index in [0.717, 1.165) is 10.5 Å². The van der Waals surface area contributed by atoms with E-state index in [1.165, 1.54) is 18.1 Å². The number of imide groups is 1. The Morgan fingerprint density at radius 2 is 1.96 bits per heavy atom. The Balaban J connectivity index is 1.34. The number of anilines is 1. The maximum absolute atomic E-state index is 14.2. The van der Waals surface area contributed by atoms with Crippen LogP contribution in [0, 0.1) is 11.3 Å². The van der Waals surface area contributed by atoms with E-state index >= 15 is 0 Å². The summed E-state index contributed by atoms with van der Waals surface area (Å²) >= 11 is 0. The van der Waals surface area contributed by atoms with E-state index < -0.39 is 53.2 Å². The first-order valence-electron chi connectivity index (χ1n) is 14.2. The number of nitrogens with zero attached hydrogens (tertiary/aromatic N) is 3. The zero-order valence-corrected chi connectivity index (χ0v) is 25.1. The van der Waals surface area contributed by atoms with Crippen LogP contribution in [0.15, 0.2) is 59.1 Å². The van der Waals surface area contributed by atoms with E-state index in [2.05, 4.69) is 15.3 Å². The van der Waals surface area contributed by atoms with Crippen molar-refractivity contribution < 1.29 is 33.4 Å². The lowest BCUT2D eigenvalue weighted by atomic mass is 9.90. The number of rotatable bonds is 7. The van der Waals surface area contributed by atoms with Gasteiger partial charge < -0.3 is 30.2 Å². The van der Waals surface area contributed by atoms with Gasteiger partial charge in [0.15, 0.2) is 12.3 Å². The molecule has 1 aromatic carbocycles. The molecular formula is C31H32N6O8. The molecule has 6 rings (SSSR count). The fourth-order valence-corrected chi connectivity index (χ4v) is 5.66. The van der Waals surface area contributed by atoms with Gasteiger partial charge in [0.25, 0.3) is 17.4 Å². The van der Waals surface area contributed by atoms with Crippen molar-refractivity contribution in [3.63, 3.8) is 0 Å². The summed E-state index contributed by atoms with van der Waals surface area (Å²) in [5, 5.41) is 2.75. The van der Waals surface area contributed by atoms with Crippen LogP contribution in [0.3, 0.4) is 0 Å². The van der Waals surface area contributed by atoms with Crippen LogP contribution in [0.5, 0.6) is 5.75 Å². The normalized spacial score (nSPS) is 23.7. The third kappa shape index (κ3) is 5.21. The van der Waals surface area contributed by atoms with Gasteiger partial charge in [-0.3, -0.25) is 24.2 Å². The molecule has 14 nitrogen and oxygen atoms in total. The Kier molecular flexibility index (Phi) is 7.02. The number of fused-ring (bicyclic) bond motifs is 2. The number of aromatic amines is 1. The van der Waals surface area contributed by atoms with Crippen molar-refractivity contribution in [3.05, 3.63) is 81.5 Å². The number of methoxy groups -OCH3 is 1. The molecule has 4 N–H and O–H groups in total. The Morgan fingerprint density at radius 1 is 1.18 bits per heavy atom. The number of nitrogens with two attached hydrogens (primary N) is 1. The minimum absolute atomic E-state index is 0.0350. The molecule has 2 unspecified atom stereocenters. The first kappa shape index (κ1) is 29.7. The Morgan fingerprint density at radius 3 is 2.67 bits per heavy atom. The lowest BCUT2D eigenvalue weighted by Crippen LogP contribution is -2.57. The molecule has 4 aliphatic rings. The van der Waals surface area contributed by atoms with Gasteiger partial charge in [-0.05, 0) is 56.2 Å². The second-order valence-electron chi connectivity index (χ2n) is 12.3. The molecule has 45 heavy (non-hydrogen) atoms. The van der Waals surface area contributed by atoms with Gasteiger partial charge in [-0.25, -0.2) is 14.7 Å². The highest BCUT2D eigenvalue weighted by atomic mass is 16.5. The molecule has 1 fully saturated rings. The van der Waals surface area contributed by atoms with E-state index in [4.69, 9.17) is 19.9 Å². The van der Waals surface area contributed by atoms with Crippen LogP contribution in [0.25, 0.3) is 5.57 Å². The number of esters is 1. The summed E-state index contributed by atoms with van der Waals surface area (Å²) in [6, 6.07) is 5.66. The second-order valence-corrected chi connectivity index (χ2v) is 12.3. The van der Waals surface area contributed by atoms with Crippen LogP contribution in [-0.4, -0.2) is 75.6 Å². The number of ether oxygens (including phenoxy) is 3. The molecule has 3 atom stereocenters. The number of H-pyrrole nitrogens is 1. The fourth-order valence-electron chi connectivity index (χ4n) is 5.66. The van der Waals surface area contributed by atoms with Gasteiger partial charge >= 0.3 is 12.0 Å². The highest BCUT2D eigenvalue weighted by molar-refractivity contribution is 6.10. The standard InChI is InChI=1S/C31H32N6O8/c1-30(2,3)27(41)44-15-37-26(40)31(35-29(37)42,14-36-13-17-5-7-19(43-4)11-20(17)25(36)39)23-10-18-9-16(6-8-22(18)45-23)21-12-24(38)34-28(32)33-21/h5-12,18,22H,13-15H2,1-4H3,(H,35,42)(H3,32,33,34,38)/t18?,22?,31-/m0/s1. The predicted molar refractivity (Wildman–Crippen MR) is 159 cm³/mol. The van der Waals surface area contributed by atoms with Crippen LogP contribution in [0.4, 0.5) is 10.7 Å². The van der Waals surface area contributed by atoms with E-state index in [-0.39, 0.29) is 30.7 Å². The van der Waals surface area contributed by atoms with Crippen molar-refractivity contribution in [2.75, 3.05) is 26.1 Å². The number of aromatic nitrogens is 2. The van der Waals surface area contributed by atoms with Crippen LogP contribution in [0.2, 0.25) is 0 Å². The molecule has 1 aliphatic carbocycles. The van der Waals surface area contributed by atoms with Crippen molar-refractivity contribution in [2.45, 2.75) is 39.0 Å². The fraction of sp³-hybridized carbons (Fsp3) is 0.355. The number of carbonyl (C=O) groups excluding carboxylic acids is 4. The zero-order valence-electron chi connectivity index (χ0n) is 25.1. The summed E-state index contributed by atoms with van der Waals surface area (Å²) in [6.45, 7) is 4.27. The molecule has 1 saturated heterocycles. The van der Waals surface area contributed by atoms with Gasteiger partial charge in [-0.1, -0.05) is 18.2 Å². The molecule has 4 amide bonds. The highest BCUT2D eigenvalue weighted by Crippen LogP contribution is 2.40. The first-order chi connectivity index (χ1) is 21.3. The topological polar surface area (TPSA) is 186 Å². The maximum atomic E-state index is 14.2. The van der Waals surface area contributed by atoms with Crippen molar-refractivity contribution in [2.24, 2.45) is 11.3 Å². The number of amides is 4. The van der Waals surface area contributed by atoms with E-state index in [9.17, 15) is 24.0 Å². The van der Waals surface area contributed by atoms with Crippen molar-refractivity contribution in [1.29, 1.82) is 0 Å². The maximum Gasteiger partial charge on any atom is 0.328 e. The highest BCUT2D eigenvalue weighted by Gasteiger charge is 2.59. The monoisotopic (exact) mass is 616 g/mol. The molecule has 0 spiro atoms. The minimum Gasteiger partial charge on any atom is -0.497 e. The molecule has 234 valence electrons. The molecule has 2 aromatic rings. The Bertz CT molecular complexity index is 1790. The quantitative estimate of drug-likeness (QED) is 0.305. The SMILES string of the molecule is COc1ccc2c(c1)C(=O)N(C[C@@]1(C3=CC4C=C(c5cc(=O)[nH]c(N)n5)C=CC4O3)NC(=O)N(COC(=O)C(C)(C)C)C1=O)C2. The zero-order chi connectivity index (χ0) is 32.3. The molecular weight excluding hydrogens is 584 g/mol. The van der Waals surface area contributed by atoms with Crippen molar-refractivity contribution in [3.8, 4) is 5.75 Å². The number of hydrogen-bond acceptors (Lipinski definition) is 10. The third-order valence-corrected chi connectivity index (χ3v) is 8.04. The van der Waals surface area contributed by atoms with Gasteiger partial charge in [-0.15, -0.1) is 0 Å². The number of hydrogen-bond donors (Lipinski definition) is 3. The van der Waals surface area contributed by atoms with Gasteiger partial charge in [0.2, 0.25) is 5.95 Å². The number of nitrogen functional groups attached to an aromatic ring is 1. The lowest BCUT2D eigenvalue weighted by molar-refractivity contribution is -0.158. The Hall–Kier alpha value is -5.40. The largest absolute Gasteiger partial charge is 0.497 e. The molecule has 0 saturated carbocycles. The summed E-state index contributed by atoms with van der Waals surface area (Å²) in [5.41, 5.74) is 4.77. The van der Waals surface area contributed by atoms with Crippen molar-refractivity contribution >= 4 is 35.3 Å². The van der Waals surface area contributed by atoms with Crippen LogP contribution in [-0.2, 0) is 25.6 Å². The summed E-state index contributed by atoms with van der Waals surface area (Å²) in [5.74, 6) is -1.50. The van der Waals surface area contributed by atoms with E-state index in [0.29, 0.717) is 22.6 Å². The molecule has 3 aliphatic heterocycles. The molecule has 0 radical (unpaired) electrons. The van der Waals surface area contributed by atoms with Crippen LogP contribution >= 0.6 is 0 Å². The van der Waals surface area contributed by atoms with Gasteiger partial charge in [0.05, 0.1) is 24.8 Å². The molecule has 1 aromatic heterocycles. The average Bonchev–Trinajstić information content (AvgIpc) is 3.62. The predicted octanol–water partition coefficient (Wildman–Crippen LogP) is 1.71. The smallest absolute Gasteiger partial charge is 0.328 e. The number of benzene rings is 1. The number of urea groups is 1. The van der Waals surface area contributed by atoms with Gasteiger partial charge in [0.1, 0.15) is 17.6 Å². The van der Waals surface area contributed by atoms with Crippen LogP contribution in [0.1, 0.15) is 42.4 Å². The third-order valence-electron chi connectivity index (χ3n) is 8.04.